The summed E-state index contributed by atoms with van der Waals surface area (Å²) in [4.78, 5) is 18.2. The van der Waals surface area contributed by atoms with E-state index >= 15 is 0 Å². The number of anilines is 2. The lowest BCUT2D eigenvalue weighted by Crippen LogP contribution is -2.04. The van der Waals surface area contributed by atoms with Crippen LogP contribution in [0.2, 0.25) is 0 Å². The summed E-state index contributed by atoms with van der Waals surface area (Å²) in [5.41, 5.74) is 0.0785. The normalized spacial score (nSPS) is 9.68. The van der Waals surface area contributed by atoms with Crippen molar-refractivity contribution in [1.29, 1.82) is 5.26 Å². The summed E-state index contributed by atoms with van der Waals surface area (Å²) < 4.78 is 13.1. The van der Waals surface area contributed by atoms with Gasteiger partial charge in [0.05, 0.1) is 18.0 Å². The van der Waals surface area contributed by atoms with Crippen LogP contribution in [0.5, 0.6) is 0 Å². The molecule has 1 aromatic heterocycles. The van der Waals surface area contributed by atoms with Crippen LogP contribution in [0, 0.1) is 17.1 Å². The molecular formula is C12H7FN4O2. The third-order valence-corrected chi connectivity index (χ3v) is 2.21. The lowest BCUT2D eigenvalue weighted by atomic mass is 10.2. The number of carbonyl (C=O) groups is 1. The van der Waals surface area contributed by atoms with Crippen molar-refractivity contribution in [2.24, 2.45) is 0 Å². The molecule has 2 N–H and O–H groups in total. The van der Waals surface area contributed by atoms with Crippen molar-refractivity contribution in [3.8, 4) is 6.07 Å². The lowest BCUT2D eigenvalue weighted by Gasteiger charge is -2.06. The van der Waals surface area contributed by atoms with Crippen LogP contribution in [-0.4, -0.2) is 21.0 Å². The van der Waals surface area contributed by atoms with Gasteiger partial charge in [0.15, 0.2) is 5.69 Å². The standard InChI is InChI=1S/C12H7FN4O2/c13-9-2-1-8(3-7(9)4-14)16-11-6-15-5-10(17-11)12(18)19/h1-3,5-6H,(H,16,17)(H,18,19). The van der Waals surface area contributed by atoms with E-state index in [0.717, 1.165) is 12.3 Å². The van der Waals surface area contributed by atoms with Gasteiger partial charge in [0.25, 0.3) is 0 Å². The number of rotatable bonds is 3. The molecule has 2 rings (SSSR count). The number of nitrogens with one attached hydrogen (secondary N) is 1. The van der Waals surface area contributed by atoms with E-state index in [1.54, 1.807) is 6.07 Å². The van der Waals surface area contributed by atoms with Gasteiger partial charge in [-0.05, 0) is 18.2 Å². The number of hydrogen-bond donors (Lipinski definition) is 2. The van der Waals surface area contributed by atoms with Crippen molar-refractivity contribution in [1.82, 2.24) is 9.97 Å². The van der Waals surface area contributed by atoms with Crippen molar-refractivity contribution >= 4 is 17.5 Å². The van der Waals surface area contributed by atoms with E-state index in [1.807, 2.05) is 0 Å². The molecule has 0 aliphatic rings. The fraction of sp³-hybridized carbons (Fsp3) is 0. The number of halogens is 1. The molecule has 0 spiro atoms. The first kappa shape index (κ1) is 12.4. The maximum atomic E-state index is 13.1. The highest BCUT2D eigenvalue weighted by Gasteiger charge is 2.07. The predicted molar refractivity (Wildman–Crippen MR) is 63.4 cm³/mol. The second-order valence-corrected chi connectivity index (χ2v) is 3.53. The van der Waals surface area contributed by atoms with Gasteiger partial charge < -0.3 is 10.4 Å². The Labute approximate surface area is 107 Å². The largest absolute Gasteiger partial charge is 0.476 e. The molecule has 2 aromatic rings. The molecule has 0 amide bonds. The number of carboxylic acids is 1. The number of nitrogens with zero attached hydrogens (tertiary/aromatic N) is 3. The smallest absolute Gasteiger partial charge is 0.356 e. The van der Waals surface area contributed by atoms with Crippen LogP contribution in [0.1, 0.15) is 16.1 Å². The van der Waals surface area contributed by atoms with E-state index < -0.39 is 11.8 Å². The summed E-state index contributed by atoms with van der Waals surface area (Å²) in [6.45, 7) is 0. The molecule has 0 radical (unpaired) electrons. The van der Waals surface area contributed by atoms with Crippen molar-refractivity contribution in [2.45, 2.75) is 0 Å². The Hall–Kier alpha value is -3.01. The average Bonchev–Trinajstić information content (AvgIpc) is 2.41. The molecule has 7 heteroatoms. The fourth-order valence-corrected chi connectivity index (χ4v) is 1.37. The Morgan fingerprint density at radius 3 is 2.89 bits per heavy atom. The third-order valence-electron chi connectivity index (χ3n) is 2.21. The Bertz CT molecular complexity index is 682. The molecule has 94 valence electrons. The minimum absolute atomic E-state index is 0.118. The molecule has 0 bridgehead atoms. The second kappa shape index (κ2) is 5.10. The number of hydrogen-bond acceptors (Lipinski definition) is 5. The summed E-state index contributed by atoms with van der Waals surface area (Å²) >= 11 is 0. The quantitative estimate of drug-likeness (QED) is 0.872. The molecule has 0 aliphatic heterocycles. The van der Waals surface area contributed by atoms with Gasteiger partial charge in [-0.25, -0.2) is 14.2 Å². The first-order valence-corrected chi connectivity index (χ1v) is 5.12. The van der Waals surface area contributed by atoms with Crippen LogP contribution in [0.25, 0.3) is 0 Å². The van der Waals surface area contributed by atoms with Gasteiger partial charge in [-0.2, -0.15) is 5.26 Å². The Morgan fingerprint density at radius 2 is 2.21 bits per heavy atom. The highest BCUT2D eigenvalue weighted by atomic mass is 19.1. The van der Waals surface area contributed by atoms with Gasteiger partial charge in [0.2, 0.25) is 0 Å². The van der Waals surface area contributed by atoms with E-state index in [-0.39, 0.29) is 17.1 Å². The highest BCUT2D eigenvalue weighted by molar-refractivity contribution is 5.85. The minimum atomic E-state index is -1.20. The van der Waals surface area contributed by atoms with Gasteiger partial charge >= 0.3 is 5.97 Å². The van der Waals surface area contributed by atoms with Crippen molar-refractivity contribution in [2.75, 3.05) is 5.32 Å². The first-order chi connectivity index (χ1) is 9.10. The maximum Gasteiger partial charge on any atom is 0.356 e. The maximum absolute atomic E-state index is 13.1. The van der Waals surface area contributed by atoms with Gasteiger partial charge in [-0.3, -0.25) is 4.98 Å². The third kappa shape index (κ3) is 2.81. The van der Waals surface area contributed by atoms with Crippen molar-refractivity contribution in [3.05, 3.63) is 47.7 Å². The van der Waals surface area contributed by atoms with E-state index in [4.69, 9.17) is 10.4 Å². The number of aromatic carboxylic acids is 1. The predicted octanol–water partition coefficient (Wildman–Crippen LogP) is 1.93. The van der Waals surface area contributed by atoms with Crippen LogP contribution in [0.4, 0.5) is 15.9 Å². The zero-order valence-corrected chi connectivity index (χ0v) is 9.46. The molecule has 0 saturated carbocycles. The van der Waals surface area contributed by atoms with Gasteiger partial charge in [-0.1, -0.05) is 0 Å². The van der Waals surface area contributed by atoms with Crippen LogP contribution in [0.15, 0.2) is 30.6 Å². The Balaban J connectivity index is 2.29. The number of benzene rings is 1. The van der Waals surface area contributed by atoms with Crippen LogP contribution < -0.4 is 5.32 Å². The zero-order chi connectivity index (χ0) is 13.8. The first-order valence-electron chi connectivity index (χ1n) is 5.12. The zero-order valence-electron chi connectivity index (χ0n) is 9.46. The van der Waals surface area contributed by atoms with E-state index in [9.17, 15) is 9.18 Å². The van der Waals surface area contributed by atoms with Crippen LogP contribution >= 0.6 is 0 Å². The molecule has 1 heterocycles. The average molecular weight is 258 g/mol. The number of carboxylic acid groups (broad SMARTS) is 1. The van der Waals surface area contributed by atoms with Gasteiger partial charge in [0, 0.05) is 5.69 Å². The molecule has 19 heavy (non-hydrogen) atoms. The van der Waals surface area contributed by atoms with Gasteiger partial charge in [-0.15, -0.1) is 0 Å². The van der Waals surface area contributed by atoms with Crippen LogP contribution in [-0.2, 0) is 0 Å². The molecule has 1 aromatic carbocycles. The Morgan fingerprint density at radius 1 is 1.42 bits per heavy atom. The molecular weight excluding hydrogens is 251 g/mol. The minimum Gasteiger partial charge on any atom is -0.476 e. The summed E-state index contributed by atoms with van der Waals surface area (Å²) in [6.07, 6.45) is 2.43. The molecule has 0 aliphatic carbocycles. The lowest BCUT2D eigenvalue weighted by molar-refractivity contribution is 0.0690. The van der Waals surface area contributed by atoms with Crippen molar-refractivity contribution in [3.63, 3.8) is 0 Å². The molecule has 0 atom stereocenters. The molecule has 6 nitrogen and oxygen atoms in total. The molecule has 0 unspecified atom stereocenters. The second-order valence-electron chi connectivity index (χ2n) is 3.53. The van der Waals surface area contributed by atoms with E-state index in [1.165, 1.54) is 18.3 Å². The SMILES string of the molecule is N#Cc1cc(Nc2cncc(C(=O)O)n2)ccc1F. The fourth-order valence-electron chi connectivity index (χ4n) is 1.37. The number of aromatic nitrogens is 2. The highest BCUT2D eigenvalue weighted by Crippen LogP contribution is 2.17. The summed E-state index contributed by atoms with van der Waals surface area (Å²) in [5, 5.41) is 20.2. The van der Waals surface area contributed by atoms with Gasteiger partial charge in [0.1, 0.15) is 17.7 Å². The Kier molecular flexibility index (Phi) is 3.34. The van der Waals surface area contributed by atoms with Crippen molar-refractivity contribution < 1.29 is 14.3 Å². The summed E-state index contributed by atoms with van der Waals surface area (Å²) in [6, 6.07) is 5.54. The summed E-state index contributed by atoms with van der Waals surface area (Å²) in [5.74, 6) is -1.64. The van der Waals surface area contributed by atoms with E-state index in [2.05, 4.69) is 15.3 Å². The monoisotopic (exact) mass is 258 g/mol. The summed E-state index contributed by atoms with van der Waals surface area (Å²) in [7, 11) is 0. The number of nitriles is 1. The van der Waals surface area contributed by atoms with E-state index in [0.29, 0.717) is 5.69 Å². The topological polar surface area (TPSA) is 98.9 Å². The van der Waals surface area contributed by atoms with Crippen LogP contribution in [0.3, 0.4) is 0 Å². The molecule has 0 saturated heterocycles. The molecule has 0 fully saturated rings.